The van der Waals surface area contributed by atoms with Crippen LogP contribution in [0.1, 0.15) is 33.1 Å². The maximum absolute atomic E-state index is 4.09. The lowest BCUT2D eigenvalue weighted by Crippen LogP contribution is -1.98. The van der Waals surface area contributed by atoms with E-state index in [9.17, 15) is 0 Å². The minimum atomic E-state index is 1.10. The number of hydrogen-bond acceptors (Lipinski definition) is 0. The normalized spacial score (nSPS) is 18.5. The van der Waals surface area contributed by atoms with Crippen LogP contribution in [0.2, 0.25) is 0 Å². The Hall–Kier alpha value is -1.04. The molecule has 70 valence electrons. The Labute approximate surface area is 81.4 Å². The first-order valence-electron chi connectivity index (χ1n) is 4.82. The molecule has 1 rings (SSSR count). The predicted molar refractivity (Wildman–Crippen MR) is 59.6 cm³/mol. The fourth-order valence-electron chi connectivity index (χ4n) is 1.62. The lowest BCUT2D eigenvalue weighted by Gasteiger charge is -2.17. The van der Waals surface area contributed by atoms with Gasteiger partial charge >= 0.3 is 0 Å². The van der Waals surface area contributed by atoms with Crippen LogP contribution >= 0.6 is 0 Å². The second-order valence-corrected chi connectivity index (χ2v) is 3.83. The van der Waals surface area contributed by atoms with Crippen LogP contribution in [0.5, 0.6) is 0 Å². The Morgan fingerprint density at radius 2 is 2.08 bits per heavy atom. The van der Waals surface area contributed by atoms with E-state index >= 15 is 0 Å². The summed E-state index contributed by atoms with van der Waals surface area (Å²) in [7, 11) is 0. The summed E-state index contributed by atoms with van der Waals surface area (Å²) in [5.74, 6) is 0. The largest absolute Gasteiger partial charge is 0.0961 e. The Morgan fingerprint density at radius 1 is 1.38 bits per heavy atom. The van der Waals surface area contributed by atoms with Crippen molar-refractivity contribution in [3.05, 3.63) is 47.6 Å². The molecule has 0 saturated heterocycles. The molecule has 0 aliphatic heterocycles. The van der Waals surface area contributed by atoms with E-state index in [2.05, 4.69) is 32.2 Å². The zero-order valence-corrected chi connectivity index (χ0v) is 8.69. The molecule has 0 saturated carbocycles. The van der Waals surface area contributed by atoms with Crippen molar-refractivity contribution in [3.8, 4) is 0 Å². The third kappa shape index (κ3) is 2.73. The maximum atomic E-state index is 4.09. The van der Waals surface area contributed by atoms with Gasteiger partial charge in [-0.15, -0.1) is 0 Å². The monoisotopic (exact) mass is 174 g/mol. The van der Waals surface area contributed by atoms with Gasteiger partial charge in [0.15, 0.2) is 0 Å². The van der Waals surface area contributed by atoms with Gasteiger partial charge in [-0.05, 0) is 44.3 Å². The van der Waals surface area contributed by atoms with Gasteiger partial charge in [-0.1, -0.05) is 36.5 Å². The van der Waals surface area contributed by atoms with Crippen LogP contribution in [0.25, 0.3) is 0 Å². The summed E-state index contributed by atoms with van der Waals surface area (Å²) in [6, 6.07) is 0. The highest BCUT2D eigenvalue weighted by molar-refractivity contribution is 5.44. The smallest absolute Gasteiger partial charge is 0.0241 e. The molecule has 0 aromatic heterocycles. The Kier molecular flexibility index (Phi) is 3.30. The SMILES string of the molecule is C=C(C)/C=C\C1=C(C)CCCC1=C. The van der Waals surface area contributed by atoms with E-state index in [1.165, 1.54) is 29.6 Å². The van der Waals surface area contributed by atoms with E-state index in [4.69, 9.17) is 0 Å². The molecule has 0 heterocycles. The molecule has 0 spiro atoms. The minimum Gasteiger partial charge on any atom is -0.0961 e. The summed E-state index contributed by atoms with van der Waals surface area (Å²) >= 11 is 0. The Balaban J connectivity index is 2.86. The summed E-state index contributed by atoms with van der Waals surface area (Å²) in [5, 5.41) is 0. The number of hydrogen-bond donors (Lipinski definition) is 0. The van der Waals surface area contributed by atoms with E-state index in [0.29, 0.717) is 0 Å². The average molecular weight is 174 g/mol. The Morgan fingerprint density at radius 3 is 2.62 bits per heavy atom. The van der Waals surface area contributed by atoms with Gasteiger partial charge < -0.3 is 0 Å². The second-order valence-electron chi connectivity index (χ2n) is 3.83. The number of rotatable bonds is 2. The van der Waals surface area contributed by atoms with E-state index in [1.54, 1.807) is 0 Å². The first-order valence-corrected chi connectivity index (χ1v) is 4.82. The number of allylic oxidation sites excluding steroid dienone is 6. The molecule has 0 unspecified atom stereocenters. The van der Waals surface area contributed by atoms with Crippen LogP contribution in [-0.2, 0) is 0 Å². The molecule has 0 heteroatoms. The van der Waals surface area contributed by atoms with Crippen LogP contribution in [0.15, 0.2) is 47.6 Å². The molecular weight excluding hydrogens is 156 g/mol. The molecule has 0 nitrogen and oxygen atoms in total. The van der Waals surface area contributed by atoms with Crippen molar-refractivity contribution in [2.75, 3.05) is 0 Å². The molecule has 13 heavy (non-hydrogen) atoms. The molecule has 1 aliphatic carbocycles. The highest BCUT2D eigenvalue weighted by Crippen LogP contribution is 2.28. The highest BCUT2D eigenvalue weighted by atomic mass is 14.1. The highest BCUT2D eigenvalue weighted by Gasteiger charge is 2.09. The molecule has 0 aromatic rings. The van der Waals surface area contributed by atoms with Crippen LogP contribution < -0.4 is 0 Å². The Bertz CT molecular complexity index is 287. The minimum absolute atomic E-state index is 1.10. The van der Waals surface area contributed by atoms with E-state index in [-0.39, 0.29) is 0 Å². The third-order valence-corrected chi connectivity index (χ3v) is 2.41. The predicted octanol–water partition coefficient (Wildman–Crippen LogP) is 4.18. The fraction of sp³-hybridized carbons (Fsp3) is 0.385. The quantitative estimate of drug-likeness (QED) is 0.551. The summed E-state index contributed by atoms with van der Waals surface area (Å²) in [5.41, 5.74) is 5.18. The molecule has 0 N–H and O–H groups in total. The van der Waals surface area contributed by atoms with Gasteiger partial charge in [-0.25, -0.2) is 0 Å². The zero-order chi connectivity index (χ0) is 9.84. The van der Waals surface area contributed by atoms with Crippen LogP contribution in [-0.4, -0.2) is 0 Å². The van der Waals surface area contributed by atoms with Crippen LogP contribution in [0.3, 0.4) is 0 Å². The second kappa shape index (κ2) is 4.27. The lowest BCUT2D eigenvalue weighted by molar-refractivity contribution is 0.773. The summed E-state index contributed by atoms with van der Waals surface area (Å²) in [6.45, 7) is 12.1. The first kappa shape index (κ1) is 10.0. The molecule has 0 amide bonds. The van der Waals surface area contributed by atoms with Gasteiger partial charge in [0.1, 0.15) is 0 Å². The van der Waals surface area contributed by atoms with Gasteiger partial charge in [0.05, 0.1) is 0 Å². The van der Waals surface area contributed by atoms with Crippen molar-refractivity contribution in [2.24, 2.45) is 0 Å². The van der Waals surface area contributed by atoms with E-state index < -0.39 is 0 Å². The van der Waals surface area contributed by atoms with Gasteiger partial charge in [-0.3, -0.25) is 0 Å². The molecular formula is C13H18. The van der Waals surface area contributed by atoms with Crippen molar-refractivity contribution in [2.45, 2.75) is 33.1 Å². The van der Waals surface area contributed by atoms with Gasteiger partial charge in [-0.2, -0.15) is 0 Å². The third-order valence-electron chi connectivity index (χ3n) is 2.41. The molecule has 0 aromatic carbocycles. The zero-order valence-electron chi connectivity index (χ0n) is 8.69. The van der Waals surface area contributed by atoms with Crippen molar-refractivity contribution in [1.82, 2.24) is 0 Å². The lowest BCUT2D eigenvalue weighted by atomic mass is 9.88. The van der Waals surface area contributed by atoms with Crippen LogP contribution in [0.4, 0.5) is 0 Å². The summed E-state index contributed by atoms with van der Waals surface area (Å²) in [6.07, 6.45) is 7.84. The van der Waals surface area contributed by atoms with Crippen molar-refractivity contribution in [3.63, 3.8) is 0 Å². The van der Waals surface area contributed by atoms with E-state index in [1.807, 2.05) is 6.92 Å². The molecule has 0 fully saturated rings. The fourth-order valence-corrected chi connectivity index (χ4v) is 1.62. The first-order chi connectivity index (χ1) is 6.11. The topological polar surface area (TPSA) is 0 Å². The van der Waals surface area contributed by atoms with Gasteiger partial charge in [0.2, 0.25) is 0 Å². The summed E-state index contributed by atoms with van der Waals surface area (Å²) < 4.78 is 0. The van der Waals surface area contributed by atoms with Crippen LogP contribution in [0, 0.1) is 0 Å². The van der Waals surface area contributed by atoms with E-state index in [0.717, 1.165) is 12.0 Å². The molecule has 0 atom stereocenters. The standard InChI is InChI=1S/C13H18/c1-10(2)8-9-13-11(3)6-5-7-12(13)4/h8-9H,1,3,5-7H2,2,4H3/b9-8-. The van der Waals surface area contributed by atoms with Gasteiger partial charge in [0.25, 0.3) is 0 Å². The molecule has 0 bridgehead atoms. The molecule has 0 radical (unpaired) electrons. The van der Waals surface area contributed by atoms with Crippen molar-refractivity contribution in [1.29, 1.82) is 0 Å². The summed E-state index contributed by atoms with van der Waals surface area (Å²) in [4.78, 5) is 0. The average Bonchev–Trinajstić information content (AvgIpc) is 2.03. The van der Waals surface area contributed by atoms with Crippen molar-refractivity contribution < 1.29 is 0 Å². The van der Waals surface area contributed by atoms with Crippen molar-refractivity contribution >= 4 is 0 Å². The molecule has 1 aliphatic rings. The van der Waals surface area contributed by atoms with Gasteiger partial charge in [0, 0.05) is 0 Å². The maximum Gasteiger partial charge on any atom is -0.0241 e.